The number of pyridine rings is 1. The molecule has 0 aliphatic rings. The third-order valence-electron chi connectivity index (χ3n) is 4.61. The number of imidazole rings is 1. The van der Waals surface area contributed by atoms with Gasteiger partial charge in [0.15, 0.2) is 5.82 Å². The minimum Gasteiger partial charge on any atom is -0.282 e. The zero-order valence-electron chi connectivity index (χ0n) is 15.4. The Balaban J connectivity index is 1.87. The second-order valence-electron chi connectivity index (χ2n) is 6.69. The average molecular weight is 358 g/mol. The molecule has 5 heteroatoms. The zero-order valence-corrected chi connectivity index (χ0v) is 15.4. The molecule has 0 saturated carbocycles. The minimum absolute atomic E-state index is 0.281. The highest BCUT2D eigenvalue weighted by atomic mass is 19.1. The van der Waals surface area contributed by atoms with Crippen LogP contribution in [0.4, 0.5) is 15.9 Å². The van der Waals surface area contributed by atoms with Crippen molar-refractivity contribution in [1.29, 1.82) is 0 Å². The van der Waals surface area contributed by atoms with Gasteiger partial charge in [-0.2, -0.15) is 0 Å². The van der Waals surface area contributed by atoms with E-state index in [0.717, 1.165) is 22.5 Å². The van der Waals surface area contributed by atoms with Gasteiger partial charge < -0.3 is 0 Å². The third kappa shape index (κ3) is 3.36. The molecule has 0 aliphatic carbocycles. The highest BCUT2D eigenvalue weighted by molar-refractivity contribution is 5.74. The molecular formula is C22H19FN4. The molecule has 0 bridgehead atoms. The van der Waals surface area contributed by atoms with Gasteiger partial charge in [0, 0.05) is 11.8 Å². The maximum absolute atomic E-state index is 13.3. The fourth-order valence-corrected chi connectivity index (χ4v) is 2.93. The summed E-state index contributed by atoms with van der Waals surface area (Å²) in [6.45, 7) is 6.13. The lowest BCUT2D eigenvalue weighted by atomic mass is 10.1. The molecule has 0 atom stereocenters. The van der Waals surface area contributed by atoms with Gasteiger partial charge in [-0.3, -0.25) is 4.40 Å². The van der Waals surface area contributed by atoms with E-state index < -0.39 is 0 Å². The van der Waals surface area contributed by atoms with Crippen molar-refractivity contribution in [2.45, 2.75) is 20.8 Å². The molecule has 4 rings (SSSR count). The summed E-state index contributed by atoms with van der Waals surface area (Å²) in [6.07, 6.45) is 1.98. The molecule has 134 valence electrons. The van der Waals surface area contributed by atoms with Crippen LogP contribution in [0.5, 0.6) is 0 Å². The molecule has 0 spiro atoms. The van der Waals surface area contributed by atoms with Crippen LogP contribution in [0.25, 0.3) is 16.9 Å². The molecule has 4 nitrogen and oxygen atoms in total. The molecule has 0 amide bonds. The number of hydrogen-bond acceptors (Lipinski definition) is 3. The van der Waals surface area contributed by atoms with E-state index in [0.29, 0.717) is 11.5 Å². The summed E-state index contributed by atoms with van der Waals surface area (Å²) < 4.78 is 15.2. The lowest BCUT2D eigenvalue weighted by molar-refractivity contribution is 0.628. The Bertz CT molecular complexity index is 1160. The number of hydrogen-bond donors (Lipinski definition) is 0. The van der Waals surface area contributed by atoms with Crippen LogP contribution in [0.3, 0.4) is 0 Å². The van der Waals surface area contributed by atoms with Gasteiger partial charge in [0.1, 0.15) is 17.2 Å². The molecule has 0 aliphatic heterocycles. The van der Waals surface area contributed by atoms with Crippen LogP contribution in [0.15, 0.2) is 71.0 Å². The largest absolute Gasteiger partial charge is 0.282 e. The van der Waals surface area contributed by atoms with E-state index in [9.17, 15) is 4.39 Å². The third-order valence-corrected chi connectivity index (χ3v) is 4.61. The van der Waals surface area contributed by atoms with Crippen molar-refractivity contribution < 1.29 is 4.39 Å². The van der Waals surface area contributed by atoms with Gasteiger partial charge in [0.05, 0.1) is 5.69 Å². The quantitative estimate of drug-likeness (QED) is 0.386. The fourth-order valence-electron chi connectivity index (χ4n) is 2.93. The Kier molecular flexibility index (Phi) is 4.28. The van der Waals surface area contributed by atoms with Gasteiger partial charge in [-0.25, -0.2) is 9.37 Å². The average Bonchev–Trinajstić information content (AvgIpc) is 3.01. The van der Waals surface area contributed by atoms with E-state index in [1.807, 2.05) is 47.9 Å². The van der Waals surface area contributed by atoms with Crippen molar-refractivity contribution in [3.8, 4) is 11.3 Å². The number of halogens is 1. The van der Waals surface area contributed by atoms with Crippen molar-refractivity contribution >= 4 is 17.2 Å². The Morgan fingerprint density at radius 1 is 0.852 bits per heavy atom. The lowest BCUT2D eigenvalue weighted by Gasteiger charge is -2.02. The number of fused-ring (bicyclic) bond motifs is 1. The first-order chi connectivity index (χ1) is 13.0. The van der Waals surface area contributed by atoms with Gasteiger partial charge >= 0.3 is 0 Å². The van der Waals surface area contributed by atoms with Gasteiger partial charge in [-0.15, -0.1) is 10.2 Å². The Morgan fingerprint density at radius 2 is 1.63 bits per heavy atom. The predicted octanol–water partition coefficient (Wildman–Crippen LogP) is 6.48. The van der Waals surface area contributed by atoms with E-state index >= 15 is 0 Å². The highest BCUT2D eigenvalue weighted by Crippen LogP contribution is 2.33. The monoisotopic (exact) mass is 358 g/mol. The second kappa shape index (κ2) is 6.76. The number of benzene rings is 2. The van der Waals surface area contributed by atoms with Gasteiger partial charge in [-0.1, -0.05) is 12.1 Å². The topological polar surface area (TPSA) is 42.0 Å². The number of rotatable bonds is 3. The summed E-state index contributed by atoms with van der Waals surface area (Å²) in [7, 11) is 0. The van der Waals surface area contributed by atoms with Crippen molar-refractivity contribution in [1.82, 2.24) is 9.38 Å². The maximum Gasteiger partial charge on any atom is 0.187 e. The fraction of sp³-hybridized carbons (Fsp3) is 0.136. The first-order valence-electron chi connectivity index (χ1n) is 8.75. The van der Waals surface area contributed by atoms with Crippen molar-refractivity contribution in [3.63, 3.8) is 0 Å². The number of aryl methyl sites for hydroxylation is 3. The summed E-state index contributed by atoms with van der Waals surface area (Å²) in [6, 6.07) is 16.2. The molecule has 0 N–H and O–H groups in total. The van der Waals surface area contributed by atoms with Crippen LogP contribution in [0.2, 0.25) is 0 Å². The van der Waals surface area contributed by atoms with Crippen molar-refractivity contribution in [3.05, 3.63) is 83.3 Å². The highest BCUT2D eigenvalue weighted by Gasteiger charge is 2.14. The van der Waals surface area contributed by atoms with Crippen molar-refractivity contribution in [2.75, 3.05) is 0 Å². The first kappa shape index (κ1) is 17.1. The van der Waals surface area contributed by atoms with E-state index in [4.69, 9.17) is 0 Å². The summed E-state index contributed by atoms with van der Waals surface area (Å²) in [5.41, 5.74) is 6.50. The molecule has 27 heavy (non-hydrogen) atoms. The zero-order chi connectivity index (χ0) is 19.0. The molecule has 0 unspecified atom stereocenters. The molecular weight excluding hydrogens is 339 g/mol. The van der Waals surface area contributed by atoms with Gasteiger partial charge in [-0.05, 0) is 79.9 Å². The lowest BCUT2D eigenvalue weighted by Crippen LogP contribution is -1.85. The molecule has 2 aromatic carbocycles. The molecule has 0 saturated heterocycles. The molecule has 4 aromatic rings. The van der Waals surface area contributed by atoms with Gasteiger partial charge in [0.2, 0.25) is 0 Å². The van der Waals surface area contributed by atoms with Crippen LogP contribution in [0.1, 0.15) is 16.7 Å². The number of azo groups is 1. The first-order valence-corrected chi connectivity index (χ1v) is 8.75. The van der Waals surface area contributed by atoms with Crippen LogP contribution in [-0.2, 0) is 0 Å². The molecule has 0 fully saturated rings. The number of aromatic nitrogens is 2. The Labute approximate surface area is 157 Å². The molecule has 2 aromatic heterocycles. The smallest absolute Gasteiger partial charge is 0.187 e. The SMILES string of the molecule is Cc1ccc2nc(-c3ccc(F)cc3)c(N=Nc3ccc(C)c(C)c3)n2c1. The molecule has 0 radical (unpaired) electrons. The molecule has 2 heterocycles. The second-order valence-corrected chi connectivity index (χ2v) is 6.69. The van der Waals surface area contributed by atoms with E-state index in [2.05, 4.69) is 29.1 Å². The van der Waals surface area contributed by atoms with Crippen LogP contribution < -0.4 is 0 Å². The normalized spacial score (nSPS) is 11.6. The Hall–Kier alpha value is -3.34. The van der Waals surface area contributed by atoms with E-state index in [-0.39, 0.29) is 5.82 Å². The standard InChI is InChI=1S/C22H19FN4/c1-14-4-11-20-24-21(17-6-8-18(23)9-7-17)22(27(20)13-14)26-25-19-10-5-15(2)16(3)12-19/h4-13H,1-3H3. The summed E-state index contributed by atoms with van der Waals surface area (Å²) in [5.74, 6) is 0.343. The summed E-state index contributed by atoms with van der Waals surface area (Å²) in [5, 5.41) is 8.93. The minimum atomic E-state index is -0.281. The maximum atomic E-state index is 13.3. The van der Waals surface area contributed by atoms with Crippen LogP contribution in [-0.4, -0.2) is 9.38 Å². The Morgan fingerprint density at radius 3 is 2.37 bits per heavy atom. The summed E-state index contributed by atoms with van der Waals surface area (Å²) in [4.78, 5) is 4.68. The number of nitrogens with zero attached hydrogens (tertiary/aromatic N) is 4. The van der Waals surface area contributed by atoms with E-state index in [1.165, 1.54) is 23.3 Å². The van der Waals surface area contributed by atoms with Crippen molar-refractivity contribution in [2.24, 2.45) is 10.2 Å². The van der Waals surface area contributed by atoms with Crippen LogP contribution >= 0.6 is 0 Å². The van der Waals surface area contributed by atoms with Gasteiger partial charge in [0.25, 0.3) is 0 Å². The van der Waals surface area contributed by atoms with E-state index in [1.54, 1.807) is 12.1 Å². The van der Waals surface area contributed by atoms with Crippen LogP contribution in [0, 0.1) is 26.6 Å². The summed E-state index contributed by atoms with van der Waals surface area (Å²) >= 11 is 0. The predicted molar refractivity (Wildman–Crippen MR) is 105 cm³/mol.